The predicted molar refractivity (Wildman–Crippen MR) is 41.3 cm³/mol. The lowest BCUT2D eigenvalue weighted by Crippen LogP contribution is -1.53. The lowest BCUT2D eigenvalue weighted by atomic mass is 10.8. The summed E-state index contributed by atoms with van der Waals surface area (Å²) in [4.78, 5) is 0. The van der Waals surface area contributed by atoms with Crippen LogP contribution >= 0.6 is 0 Å². The largest absolute Gasteiger partial charge is 0.286 e. The van der Waals surface area contributed by atoms with Crippen LogP contribution in [-0.4, -0.2) is 10.2 Å². The number of nitrogens with one attached hydrogen (secondary N) is 1. The number of nitrogens with zero attached hydrogens (tertiary/aromatic N) is 1. The van der Waals surface area contributed by atoms with Crippen molar-refractivity contribution >= 4 is 0 Å². The summed E-state index contributed by atoms with van der Waals surface area (Å²) in [5.74, 6) is 0. The molecule has 0 aromatic carbocycles. The predicted octanol–water partition coefficient (Wildman–Crippen LogP) is 2.46. The number of rotatable bonds is 0. The van der Waals surface area contributed by atoms with E-state index in [0.717, 1.165) is 0 Å². The topological polar surface area (TPSA) is 28.7 Å². The molecule has 0 unspecified atom stereocenters. The summed E-state index contributed by atoms with van der Waals surface area (Å²) in [5, 5.41) is 6.21. The molecule has 0 bridgehead atoms. The lowest BCUT2D eigenvalue weighted by molar-refractivity contribution is 1.09. The summed E-state index contributed by atoms with van der Waals surface area (Å²) in [5.41, 5.74) is 0. The van der Waals surface area contributed by atoms with Crippen LogP contribution in [0.5, 0.6) is 0 Å². The number of H-pyrrole nitrogens is 1. The van der Waals surface area contributed by atoms with E-state index >= 15 is 0 Å². The van der Waals surface area contributed by atoms with Gasteiger partial charge >= 0.3 is 0 Å². The third-order valence-electron chi connectivity index (χ3n) is 0.406. The second kappa shape index (κ2) is 15.7. The SMILES string of the molecule is CC.[2H]CC.c1cn[nH]c1. The minimum Gasteiger partial charge on any atom is -0.286 e. The fourth-order valence-corrected chi connectivity index (χ4v) is 0.215. The van der Waals surface area contributed by atoms with Crippen molar-refractivity contribution < 1.29 is 1.37 Å². The first-order chi connectivity index (χ1) is 4.91. The maximum atomic E-state index is 6.21. The van der Waals surface area contributed by atoms with Crippen LogP contribution in [-0.2, 0) is 0 Å². The molecule has 0 fully saturated rings. The minimum absolute atomic E-state index is 0.500. The van der Waals surface area contributed by atoms with Crippen molar-refractivity contribution in [2.24, 2.45) is 0 Å². The Morgan fingerprint density at radius 2 is 2.00 bits per heavy atom. The zero-order valence-electron chi connectivity index (χ0n) is 7.39. The molecule has 0 aliphatic rings. The number of aromatic amines is 1. The van der Waals surface area contributed by atoms with Crippen molar-refractivity contribution in [3.63, 3.8) is 0 Å². The standard InChI is InChI=1S/C3H4N2.2C2H6/c1-2-4-5-3-1;2*1-2/h1-3H,(H,4,5);2*1-2H3/i;1D;. The van der Waals surface area contributed by atoms with Crippen LogP contribution in [0.4, 0.5) is 0 Å². The van der Waals surface area contributed by atoms with Gasteiger partial charge in [0.15, 0.2) is 0 Å². The Labute approximate surface area is 58.7 Å². The van der Waals surface area contributed by atoms with Crippen molar-refractivity contribution in [1.82, 2.24) is 10.2 Å². The Morgan fingerprint density at radius 1 is 1.44 bits per heavy atom. The first-order valence-corrected chi connectivity index (χ1v) is 3.14. The first kappa shape index (κ1) is 8.21. The molecule has 1 aromatic heterocycles. The molecule has 9 heavy (non-hydrogen) atoms. The van der Waals surface area contributed by atoms with E-state index in [-0.39, 0.29) is 0 Å². The van der Waals surface area contributed by atoms with Crippen LogP contribution in [0.15, 0.2) is 18.5 Å². The van der Waals surface area contributed by atoms with Crippen molar-refractivity contribution in [1.29, 1.82) is 0 Å². The Bertz CT molecular complexity index is 78.5. The highest BCUT2D eigenvalue weighted by molar-refractivity contribution is 4.72. The zero-order valence-corrected chi connectivity index (χ0v) is 6.39. The van der Waals surface area contributed by atoms with E-state index in [1.807, 2.05) is 19.9 Å². The molecule has 54 valence electrons. The van der Waals surface area contributed by atoms with Crippen molar-refractivity contribution in [2.45, 2.75) is 27.7 Å². The molecular weight excluding hydrogens is 112 g/mol. The summed E-state index contributed by atoms with van der Waals surface area (Å²) in [6, 6.07) is 1.83. The van der Waals surface area contributed by atoms with Gasteiger partial charge in [-0.3, -0.25) is 5.10 Å². The van der Waals surface area contributed by atoms with E-state index in [0.29, 0.717) is 6.90 Å². The van der Waals surface area contributed by atoms with Gasteiger partial charge < -0.3 is 0 Å². The van der Waals surface area contributed by atoms with Gasteiger partial charge in [0.05, 0.1) is 0 Å². The molecule has 0 radical (unpaired) electrons. The normalized spacial score (nSPS) is 7.22. The van der Waals surface area contributed by atoms with E-state index < -0.39 is 0 Å². The van der Waals surface area contributed by atoms with Gasteiger partial charge in [-0.2, -0.15) is 5.10 Å². The highest BCUT2D eigenvalue weighted by Gasteiger charge is 1.56. The smallest absolute Gasteiger partial charge is 0.0487 e. The molecule has 0 saturated carbocycles. The van der Waals surface area contributed by atoms with Gasteiger partial charge in [0.1, 0.15) is 0 Å². The molecular formula is C7H16N2. The number of aromatic nitrogens is 2. The second-order valence-corrected chi connectivity index (χ2v) is 0.766. The van der Waals surface area contributed by atoms with Gasteiger partial charge in [-0.1, -0.05) is 27.7 Å². The van der Waals surface area contributed by atoms with Crippen LogP contribution in [0.3, 0.4) is 0 Å². The van der Waals surface area contributed by atoms with E-state index in [1.54, 1.807) is 19.3 Å². The van der Waals surface area contributed by atoms with Crippen LogP contribution in [0.2, 0.25) is 0 Å². The zero-order chi connectivity index (χ0) is 8.24. The van der Waals surface area contributed by atoms with Crippen LogP contribution in [0, 0.1) is 0 Å². The molecule has 0 amide bonds. The van der Waals surface area contributed by atoms with Gasteiger partial charge in [0.25, 0.3) is 0 Å². The first-order valence-electron chi connectivity index (χ1n) is 3.85. The number of hydrogen-bond acceptors (Lipinski definition) is 1. The molecule has 1 heterocycles. The van der Waals surface area contributed by atoms with Crippen molar-refractivity contribution in [3.05, 3.63) is 18.5 Å². The van der Waals surface area contributed by atoms with Crippen LogP contribution in [0.1, 0.15) is 29.0 Å². The molecule has 0 aliphatic carbocycles. The number of hydrogen-bond donors (Lipinski definition) is 1. The summed E-state index contributed by atoms with van der Waals surface area (Å²) in [7, 11) is 0. The summed E-state index contributed by atoms with van der Waals surface area (Å²) in [6.45, 7) is 6.29. The van der Waals surface area contributed by atoms with E-state index in [1.165, 1.54) is 0 Å². The van der Waals surface area contributed by atoms with E-state index in [9.17, 15) is 0 Å². The fraction of sp³-hybridized carbons (Fsp3) is 0.571. The Balaban J connectivity index is 0. The van der Waals surface area contributed by atoms with Gasteiger partial charge in [0, 0.05) is 13.8 Å². The summed E-state index contributed by atoms with van der Waals surface area (Å²) in [6.07, 6.45) is 3.46. The van der Waals surface area contributed by atoms with E-state index in [4.69, 9.17) is 1.37 Å². The third-order valence-corrected chi connectivity index (χ3v) is 0.406. The summed E-state index contributed by atoms with van der Waals surface area (Å²) >= 11 is 0. The quantitative estimate of drug-likeness (QED) is 0.572. The fourth-order valence-electron chi connectivity index (χ4n) is 0.215. The van der Waals surface area contributed by atoms with Crippen LogP contribution in [0.25, 0.3) is 0 Å². The Kier molecular flexibility index (Phi) is 14.3. The highest BCUT2D eigenvalue weighted by Crippen LogP contribution is 1.64. The third kappa shape index (κ3) is 11.0. The molecule has 1 aromatic rings. The lowest BCUT2D eigenvalue weighted by Gasteiger charge is -1.49. The maximum absolute atomic E-state index is 6.21. The Hall–Kier alpha value is -0.790. The molecule has 0 saturated heterocycles. The maximum Gasteiger partial charge on any atom is 0.0487 e. The summed E-state index contributed by atoms with van der Waals surface area (Å²) < 4.78 is 6.21. The van der Waals surface area contributed by atoms with Gasteiger partial charge in [-0.25, -0.2) is 0 Å². The molecule has 0 atom stereocenters. The monoisotopic (exact) mass is 129 g/mol. The molecule has 1 rings (SSSR count). The highest BCUT2D eigenvalue weighted by atomic mass is 15.1. The van der Waals surface area contributed by atoms with Crippen molar-refractivity contribution in [2.75, 3.05) is 0 Å². The average Bonchev–Trinajstić information content (AvgIpc) is 2.48. The van der Waals surface area contributed by atoms with E-state index in [2.05, 4.69) is 10.2 Å². The van der Waals surface area contributed by atoms with Gasteiger partial charge in [0.2, 0.25) is 0 Å². The molecule has 0 spiro atoms. The molecule has 2 nitrogen and oxygen atoms in total. The van der Waals surface area contributed by atoms with Gasteiger partial charge in [-0.05, 0) is 6.07 Å². The molecule has 0 aliphatic heterocycles. The molecule has 1 N–H and O–H groups in total. The van der Waals surface area contributed by atoms with Gasteiger partial charge in [-0.15, -0.1) is 0 Å². The van der Waals surface area contributed by atoms with Crippen molar-refractivity contribution in [3.8, 4) is 0 Å². The van der Waals surface area contributed by atoms with Crippen LogP contribution < -0.4 is 0 Å². The second-order valence-electron chi connectivity index (χ2n) is 0.766. The Morgan fingerprint density at radius 3 is 2.11 bits per heavy atom. The average molecular weight is 129 g/mol. The molecule has 2 heteroatoms. The minimum atomic E-state index is 0.500.